The zero-order chi connectivity index (χ0) is 26.4. The number of methoxy groups -OCH3 is 1. The summed E-state index contributed by atoms with van der Waals surface area (Å²) in [6.07, 6.45) is -6.76. The molecule has 3 heterocycles. The van der Waals surface area contributed by atoms with E-state index >= 15 is 0 Å². The third-order valence-corrected chi connectivity index (χ3v) is 7.54. The number of aromatic hydroxyl groups is 2. The molecule has 2 saturated heterocycles. The molecule has 0 saturated carbocycles. The van der Waals surface area contributed by atoms with Crippen molar-refractivity contribution in [3.05, 3.63) is 46.0 Å². The summed E-state index contributed by atoms with van der Waals surface area (Å²) < 4.78 is 16.5. The van der Waals surface area contributed by atoms with Gasteiger partial charge in [-0.05, 0) is 24.3 Å². The number of esters is 1. The molecule has 2 aromatic carbocycles. The van der Waals surface area contributed by atoms with Crippen molar-refractivity contribution < 1.29 is 44.5 Å². The maximum Gasteiger partial charge on any atom is 0.339 e. The molecule has 0 radical (unpaired) electrons. The number of hydrogen-bond acceptors (Lipinski definition) is 11. The standard InChI is InChI=1S/C25H29ClN2O9/c1-35-23-18(30)14(10-27-6-8-28(9-7-27)13-4-2-12(26)3-5-13)16-17(20(23)32)22-24(37-25(16)34)21(33)19(31)15(11-29)36-22/h2-5,15,19,21-22,24,29-33H,6-11H2,1H3. The maximum atomic E-state index is 13.2. The lowest BCUT2D eigenvalue weighted by Crippen LogP contribution is -2.58. The van der Waals surface area contributed by atoms with Gasteiger partial charge in [0.1, 0.15) is 24.4 Å². The minimum Gasteiger partial charge on any atom is -0.504 e. The topological polar surface area (TPSA) is 152 Å². The minimum atomic E-state index is -1.56. The SMILES string of the molecule is COc1c(O)c(CN2CCN(c3ccc(Cl)cc3)CC2)c2c(c1O)C1OC(CO)C(O)C(O)C1OC2=O. The van der Waals surface area contributed by atoms with Crippen molar-refractivity contribution in [1.29, 1.82) is 0 Å². The summed E-state index contributed by atoms with van der Waals surface area (Å²) in [6.45, 7) is 2.18. The molecular weight excluding hydrogens is 508 g/mol. The highest BCUT2D eigenvalue weighted by Crippen LogP contribution is 2.52. The predicted octanol–water partition coefficient (Wildman–Crippen LogP) is 0.775. The molecular formula is C25H29ClN2O9. The Kier molecular flexibility index (Phi) is 7.10. The second-order valence-corrected chi connectivity index (χ2v) is 9.80. The van der Waals surface area contributed by atoms with E-state index in [1.165, 1.54) is 7.11 Å². The van der Waals surface area contributed by atoms with E-state index in [1.54, 1.807) is 0 Å². The number of anilines is 1. The highest BCUT2D eigenvalue weighted by Gasteiger charge is 2.53. The molecule has 5 rings (SSSR count). The van der Waals surface area contributed by atoms with Crippen molar-refractivity contribution in [1.82, 2.24) is 4.90 Å². The molecule has 2 fully saturated rings. The van der Waals surface area contributed by atoms with Crippen LogP contribution in [0.2, 0.25) is 5.02 Å². The number of rotatable bonds is 5. The van der Waals surface area contributed by atoms with Crippen LogP contribution in [-0.4, -0.2) is 101 Å². The van der Waals surface area contributed by atoms with E-state index < -0.39 is 54.6 Å². The number of carbonyl (C=O) groups is 1. The lowest BCUT2D eigenvalue weighted by molar-refractivity contribution is -0.235. The Balaban J connectivity index is 1.46. The first kappa shape index (κ1) is 25.8. The van der Waals surface area contributed by atoms with Crippen LogP contribution in [0.3, 0.4) is 0 Å². The van der Waals surface area contributed by atoms with Crippen molar-refractivity contribution in [2.45, 2.75) is 37.1 Å². The number of piperazine rings is 1. The number of nitrogens with zero attached hydrogens (tertiary/aromatic N) is 2. The number of aliphatic hydroxyl groups is 3. The van der Waals surface area contributed by atoms with Gasteiger partial charge >= 0.3 is 5.97 Å². The Morgan fingerprint density at radius 3 is 2.35 bits per heavy atom. The Labute approximate surface area is 218 Å². The van der Waals surface area contributed by atoms with E-state index in [4.69, 9.17) is 25.8 Å². The van der Waals surface area contributed by atoms with Gasteiger partial charge in [0.15, 0.2) is 17.6 Å². The van der Waals surface area contributed by atoms with Crippen LogP contribution < -0.4 is 9.64 Å². The van der Waals surface area contributed by atoms with Crippen LogP contribution in [0.15, 0.2) is 24.3 Å². The number of benzene rings is 2. The third-order valence-electron chi connectivity index (χ3n) is 7.29. The highest BCUT2D eigenvalue weighted by atomic mass is 35.5. The Hall–Kier alpha value is -2.80. The van der Waals surface area contributed by atoms with Crippen LogP contribution in [0, 0.1) is 0 Å². The molecule has 5 N–H and O–H groups in total. The van der Waals surface area contributed by atoms with Crippen LogP contribution in [0.4, 0.5) is 5.69 Å². The molecule has 0 bridgehead atoms. The number of carbonyl (C=O) groups excluding carboxylic acids is 1. The molecule has 5 atom stereocenters. The van der Waals surface area contributed by atoms with Crippen LogP contribution in [0.1, 0.15) is 27.6 Å². The van der Waals surface area contributed by atoms with Gasteiger partial charge in [0.25, 0.3) is 0 Å². The molecule has 3 aliphatic rings. The zero-order valence-corrected chi connectivity index (χ0v) is 20.8. The summed E-state index contributed by atoms with van der Waals surface area (Å²) in [5.74, 6) is -2.05. The molecule has 0 aromatic heterocycles. The Morgan fingerprint density at radius 2 is 1.73 bits per heavy atom. The number of phenols is 2. The summed E-state index contributed by atoms with van der Waals surface area (Å²) in [5.41, 5.74) is 1.13. The van der Waals surface area contributed by atoms with E-state index in [1.807, 2.05) is 24.3 Å². The fraction of sp³-hybridized carbons (Fsp3) is 0.480. The van der Waals surface area contributed by atoms with Gasteiger partial charge < -0.3 is 44.6 Å². The summed E-state index contributed by atoms with van der Waals surface area (Å²) in [6, 6.07) is 7.57. The van der Waals surface area contributed by atoms with Crippen molar-refractivity contribution >= 4 is 23.3 Å². The number of phenolic OH excluding ortho intramolecular Hbond substituents is 2. The quantitative estimate of drug-likeness (QED) is 0.344. The van der Waals surface area contributed by atoms with Gasteiger partial charge in [0, 0.05) is 54.6 Å². The first-order valence-corrected chi connectivity index (χ1v) is 12.3. The van der Waals surface area contributed by atoms with Crippen LogP contribution in [0.25, 0.3) is 0 Å². The molecule has 2 aromatic rings. The molecule has 37 heavy (non-hydrogen) atoms. The summed E-state index contributed by atoms with van der Waals surface area (Å²) >= 11 is 5.99. The fourth-order valence-corrected chi connectivity index (χ4v) is 5.43. The van der Waals surface area contributed by atoms with Crippen LogP contribution in [-0.2, 0) is 16.0 Å². The van der Waals surface area contributed by atoms with Gasteiger partial charge in [0.05, 0.1) is 19.3 Å². The predicted molar refractivity (Wildman–Crippen MR) is 131 cm³/mol. The first-order valence-electron chi connectivity index (χ1n) is 12.0. The molecule has 0 spiro atoms. The second kappa shape index (κ2) is 10.2. The second-order valence-electron chi connectivity index (χ2n) is 9.37. The van der Waals surface area contributed by atoms with E-state index in [2.05, 4.69) is 9.80 Å². The van der Waals surface area contributed by atoms with Crippen LogP contribution >= 0.6 is 11.6 Å². The number of aliphatic hydroxyl groups excluding tert-OH is 3. The van der Waals surface area contributed by atoms with Crippen molar-refractivity contribution in [3.8, 4) is 17.2 Å². The van der Waals surface area contributed by atoms with E-state index in [-0.39, 0.29) is 29.0 Å². The number of fused-ring (bicyclic) bond motifs is 3. The van der Waals surface area contributed by atoms with E-state index in [9.17, 15) is 30.3 Å². The zero-order valence-electron chi connectivity index (χ0n) is 20.1. The highest BCUT2D eigenvalue weighted by molar-refractivity contribution is 6.30. The third kappa shape index (κ3) is 4.45. The largest absolute Gasteiger partial charge is 0.504 e. The number of halogens is 1. The fourth-order valence-electron chi connectivity index (χ4n) is 5.30. The van der Waals surface area contributed by atoms with Gasteiger partial charge in [-0.2, -0.15) is 0 Å². The van der Waals surface area contributed by atoms with Gasteiger partial charge in [-0.25, -0.2) is 4.79 Å². The molecule has 0 aliphatic carbocycles. The summed E-state index contributed by atoms with van der Waals surface area (Å²) in [5, 5.41) is 53.1. The van der Waals surface area contributed by atoms with E-state index in [0.717, 1.165) is 5.69 Å². The average Bonchev–Trinajstić information content (AvgIpc) is 2.90. The van der Waals surface area contributed by atoms with Gasteiger partial charge in [-0.1, -0.05) is 11.6 Å². The lowest BCUT2D eigenvalue weighted by atomic mass is 9.84. The van der Waals surface area contributed by atoms with Gasteiger partial charge in [-0.15, -0.1) is 0 Å². The Morgan fingerprint density at radius 1 is 1.05 bits per heavy atom. The van der Waals surface area contributed by atoms with E-state index in [0.29, 0.717) is 31.2 Å². The molecule has 200 valence electrons. The molecule has 12 heteroatoms. The maximum absolute atomic E-state index is 13.2. The number of ether oxygens (including phenoxy) is 3. The number of hydrogen-bond donors (Lipinski definition) is 5. The monoisotopic (exact) mass is 536 g/mol. The average molecular weight is 537 g/mol. The molecule has 0 amide bonds. The van der Waals surface area contributed by atoms with Crippen molar-refractivity contribution in [2.24, 2.45) is 0 Å². The summed E-state index contributed by atoms with van der Waals surface area (Å²) in [7, 11) is 1.27. The normalized spacial score (nSPS) is 27.9. The molecule has 11 nitrogen and oxygen atoms in total. The minimum absolute atomic E-state index is 0.0184. The Bertz CT molecular complexity index is 1170. The molecule has 3 aliphatic heterocycles. The summed E-state index contributed by atoms with van der Waals surface area (Å²) in [4.78, 5) is 17.4. The first-order chi connectivity index (χ1) is 17.7. The van der Waals surface area contributed by atoms with Crippen molar-refractivity contribution in [2.75, 3.05) is 44.8 Å². The smallest absolute Gasteiger partial charge is 0.339 e. The van der Waals surface area contributed by atoms with Gasteiger partial charge in [0.2, 0.25) is 5.75 Å². The lowest BCUT2D eigenvalue weighted by Gasteiger charge is -2.45. The van der Waals surface area contributed by atoms with Gasteiger partial charge in [-0.3, -0.25) is 4.90 Å². The molecule has 5 unspecified atom stereocenters. The van der Waals surface area contributed by atoms with Crippen LogP contribution in [0.5, 0.6) is 17.2 Å². The van der Waals surface area contributed by atoms with Crippen molar-refractivity contribution in [3.63, 3.8) is 0 Å².